The molecule has 0 saturated carbocycles. The number of carbonyl (C=O) groups is 2. The highest BCUT2D eigenvalue weighted by molar-refractivity contribution is 5.93. The lowest BCUT2D eigenvalue weighted by Gasteiger charge is -2.35. The predicted molar refractivity (Wildman–Crippen MR) is 107 cm³/mol. The molecule has 2 amide bonds. The maximum Gasteiger partial charge on any atom is 0.238 e. The molecule has 1 aromatic carbocycles. The second kappa shape index (κ2) is 10.4. The highest BCUT2D eigenvalue weighted by atomic mass is 16.5. The quantitative estimate of drug-likeness (QED) is 0.731. The Labute approximate surface area is 166 Å². The van der Waals surface area contributed by atoms with Gasteiger partial charge in [-0.15, -0.1) is 0 Å². The second-order valence-corrected chi connectivity index (χ2v) is 7.02. The van der Waals surface area contributed by atoms with Crippen LogP contribution < -0.4 is 10.1 Å². The van der Waals surface area contributed by atoms with E-state index in [-0.39, 0.29) is 11.8 Å². The number of amides is 2. The number of nitrogens with zero attached hydrogens (tertiary/aromatic N) is 3. The zero-order valence-corrected chi connectivity index (χ0v) is 16.6. The van der Waals surface area contributed by atoms with Gasteiger partial charge in [-0.1, -0.05) is 12.1 Å². The number of anilines is 1. The molecule has 2 heterocycles. The molecule has 1 aromatic rings. The van der Waals surface area contributed by atoms with Gasteiger partial charge in [-0.2, -0.15) is 0 Å². The lowest BCUT2D eigenvalue weighted by Crippen LogP contribution is -2.52. The molecule has 8 nitrogen and oxygen atoms in total. The zero-order chi connectivity index (χ0) is 19.8. The van der Waals surface area contributed by atoms with Crippen LogP contribution in [0.4, 0.5) is 5.69 Å². The van der Waals surface area contributed by atoms with Crippen LogP contribution in [0.3, 0.4) is 0 Å². The third-order valence-corrected chi connectivity index (χ3v) is 5.02. The summed E-state index contributed by atoms with van der Waals surface area (Å²) < 4.78 is 10.8. The molecule has 0 radical (unpaired) electrons. The van der Waals surface area contributed by atoms with E-state index in [1.807, 2.05) is 36.1 Å². The van der Waals surface area contributed by atoms with E-state index in [1.165, 1.54) is 0 Å². The summed E-state index contributed by atoms with van der Waals surface area (Å²) in [6.45, 7) is 9.01. The van der Waals surface area contributed by atoms with Crippen molar-refractivity contribution in [2.45, 2.75) is 6.92 Å². The van der Waals surface area contributed by atoms with Crippen LogP contribution in [0.25, 0.3) is 0 Å². The van der Waals surface area contributed by atoms with E-state index in [1.54, 1.807) is 0 Å². The van der Waals surface area contributed by atoms with Crippen LogP contribution in [0.1, 0.15) is 6.92 Å². The minimum Gasteiger partial charge on any atom is -0.492 e. The van der Waals surface area contributed by atoms with Gasteiger partial charge in [0, 0.05) is 39.3 Å². The first-order valence-electron chi connectivity index (χ1n) is 9.97. The molecule has 0 aliphatic carbocycles. The van der Waals surface area contributed by atoms with Gasteiger partial charge in [-0.25, -0.2) is 0 Å². The van der Waals surface area contributed by atoms with E-state index in [0.29, 0.717) is 57.4 Å². The van der Waals surface area contributed by atoms with Crippen molar-refractivity contribution in [3.05, 3.63) is 24.3 Å². The third-order valence-electron chi connectivity index (χ3n) is 5.02. The molecule has 0 bridgehead atoms. The summed E-state index contributed by atoms with van der Waals surface area (Å²) in [5.41, 5.74) is 0.698. The summed E-state index contributed by atoms with van der Waals surface area (Å²) in [5, 5.41) is 2.94. The fourth-order valence-electron chi connectivity index (χ4n) is 3.45. The molecule has 3 rings (SSSR count). The summed E-state index contributed by atoms with van der Waals surface area (Å²) in [6.07, 6.45) is 0. The maximum absolute atomic E-state index is 12.4. The molecule has 0 spiro atoms. The van der Waals surface area contributed by atoms with Gasteiger partial charge < -0.3 is 19.7 Å². The molecule has 28 heavy (non-hydrogen) atoms. The second-order valence-electron chi connectivity index (χ2n) is 7.02. The fourth-order valence-corrected chi connectivity index (χ4v) is 3.45. The number of nitrogens with one attached hydrogen (secondary N) is 1. The van der Waals surface area contributed by atoms with Gasteiger partial charge >= 0.3 is 0 Å². The van der Waals surface area contributed by atoms with Crippen LogP contribution in [-0.2, 0) is 14.3 Å². The Hall–Kier alpha value is -2.16. The van der Waals surface area contributed by atoms with Crippen molar-refractivity contribution in [2.75, 3.05) is 77.5 Å². The number of rotatable bonds is 7. The highest BCUT2D eigenvalue weighted by Crippen LogP contribution is 2.23. The largest absolute Gasteiger partial charge is 0.492 e. The molecule has 0 aromatic heterocycles. The fraction of sp³-hybridized carbons (Fsp3) is 0.600. The molecule has 154 valence electrons. The number of para-hydroxylation sites is 2. The Bertz CT molecular complexity index is 655. The van der Waals surface area contributed by atoms with Gasteiger partial charge in [-0.3, -0.25) is 19.4 Å². The number of hydrogen-bond donors (Lipinski definition) is 1. The van der Waals surface area contributed by atoms with E-state index in [4.69, 9.17) is 9.47 Å². The number of benzene rings is 1. The van der Waals surface area contributed by atoms with Crippen LogP contribution in [-0.4, -0.2) is 98.7 Å². The first-order valence-corrected chi connectivity index (χ1v) is 9.97. The number of hydrogen-bond acceptors (Lipinski definition) is 6. The topological polar surface area (TPSA) is 74.4 Å². The van der Waals surface area contributed by atoms with Crippen molar-refractivity contribution in [3.63, 3.8) is 0 Å². The highest BCUT2D eigenvalue weighted by Gasteiger charge is 2.24. The normalized spacial score (nSPS) is 18.7. The first-order chi connectivity index (χ1) is 13.7. The van der Waals surface area contributed by atoms with E-state index in [0.717, 1.165) is 26.2 Å². The summed E-state index contributed by atoms with van der Waals surface area (Å²) in [6, 6.07) is 7.46. The van der Waals surface area contributed by atoms with Crippen LogP contribution in [0.5, 0.6) is 5.75 Å². The Balaban J connectivity index is 1.40. The molecule has 2 saturated heterocycles. The van der Waals surface area contributed by atoms with Gasteiger partial charge in [0.2, 0.25) is 11.8 Å². The Morgan fingerprint density at radius 3 is 2.32 bits per heavy atom. The van der Waals surface area contributed by atoms with E-state index in [9.17, 15) is 9.59 Å². The van der Waals surface area contributed by atoms with Crippen LogP contribution >= 0.6 is 0 Å². The predicted octanol–water partition coefficient (Wildman–Crippen LogP) is 0.500. The number of morpholine rings is 1. The molecule has 1 N–H and O–H groups in total. The first kappa shape index (κ1) is 20.6. The van der Waals surface area contributed by atoms with E-state index in [2.05, 4.69) is 15.1 Å². The molecule has 2 fully saturated rings. The van der Waals surface area contributed by atoms with Gasteiger partial charge in [0.15, 0.2) is 0 Å². The number of ether oxygens (including phenoxy) is 2. The van der Waals surface area contributed by atoms with Crippen molar-refractivity contribution < 1.29 is 19.1 Å². The van der Waals surface area contributed by atoms with Crippen molar-refractivity contribution in [1.82, 2.24) is 14.7 Å². The van der Waals surface area contributed by atoms with Crippen molar-refractivity contribution in [3.8, 4) is 5.75 Å². The SMILES string of the molecule is CCOc1ccccc1NC(=O)CN1CCN(CC(=O)N2CCOCC2)CC1. The minimum atomic E-state index is -0.0509. The van der Waals surface area contributed by atoms with Crippen molar-refractivity contribution in [2.24, 2.45) is 0 Å². The van der Waals surface area contributed by atoms with Crippen LogP contribution in [0.2, 0.25) is 0 Å². The lowest BCUT2D eigenvalue weighted by atomic mass is 10.2. The summed E-state index contributed by atoms with van der Waals surface area (Å²) >= 11 is 0. The monoisotopic (exact) mass is 390 g/mol. The average Bonchev–Trinajstić information content (AvgIpc) is 2.72. The molecular formula is C20H30N4O4. The van der Waals surface area contributed by atoms with Gasteiger partial charge in [0.05, 0.1) is 38.6 Å². The number of carbonyl (C=O) groups excluding carboxylic acids is 2. The molecule has 2 aliphatic rings. The van der Waals surface area contributed by atoms with E-state index < -0.39 is 0 Å². The number of piperazine rings is 1. The molecular weight excluding hydrogens is 360 g/mol. The smallest absolute Gasteiger partial charge is 0.238 e. The Kier molecular flexibility index (Phi) is 7.64. The summed E-state index contributed by atoms with van der Waals surface area (Å²) in [7, 11) is 0. The Morgan fingerprint density at radius 2 is 1.64 bits per heavy atom. The summed E-state index contributed by atoms with van der Waals surface area (Å²) in [5.74, 6) is 0.803. The molecule has 8 heteroatoms. The van der Waals surface area contributed by atoms with Gasteiger partial charge in [0.25, 0.3) is 0 Å². The Morgan fingerprint density at radius 1 is 1.00 bits per heavy atom. The summed E-state index contributed by atoms with van der Waals surface area (Å²) in [4.78, 5) is 30.9. The molecule has 0 atom stereocenters. The van der Waals surface area contributed by atoms with Crippen molar-refractivity contribution >= 4 is 17.5 Å². The molecule has 0 unspecified atom stereocenters. The van der Waals surface area contributed by atoms with Gasteiger partial charge in [0.1, 0.15) is 5.75 Å². The standard InChI is InChI=1S/C20H30N4O4/c1-2-28-18-6-4-3-5-17(18)21-19(25)15-22-7-9-23(10-8-22)16-20(26)24-11-13-27-14-12-24/h3-6H,2,7-16H2,1H3,(H,21,25). The van der Waals surface area contributed by atoms with Crippen LogP contribution in [0.15, 0.2) is 24.3 Å². The zero-order valence-electron chi connectivity index (χ0n) is 16.6. The molecule has 2 aliphatic heterocycles. The average molecular weight is 390 g/mol. The lowest BCUT2D eigenvalue weighted by molar-refractivity contribution is -0.137. The third kappa shape index (κ3) is 5.92. The van der Waals surface area contributed by atoms with Crippen LogP contribution in [0, 0.1) is 0 Å². The maximum atomic E-state index is 12.4. The minimum absolute atomic E-state index is 0.0509. The van der Waals surface area contributed by atoms with E-state index >= 15 is 0 Å². The van der Waals surface area contributed by atoms with Gasteiger partial charge in [-0.05, 0) is 19.1 Å². The van der Waals surface area contributed by atoms with Crippen molar-refractivity contribution in [1.29, 1.82) is 0 Å².